The SMILES string of the molecule is CCCC1CCC2C(CCC3CC(CCc4ccc(OC(F)F)cc4)CCC32)C1. The molecule has 3 heteroatoms. The van der Waals surface area contributed by atoms with Crippen LogP contribution in [0.5, 0.6) is 5.75 Å². The minimum atomic E-state index is -2.74. The van der Waals surface area contributed by atoms with Crippen LogP contribution < -0.4 is 4.74 Å². The van der Waals surface area contributed by atoms with Gasteiger partial charge in [0.1, 0.15) is 5.75 Å². The van der Waals surface area contributed by atoms with Gasteiger partial charge in [-0.25, -0.2) is 0 Å². The van der Waals surface area contributed by atoms with Gasteiger partial charge in [-0.15, -0.1) is 0 Å². The minimum absolute atomic E-state index is 0.259. The van der Waals surface area contributed by atoms with Crippen molar-refractivity contribution in [1.82, 2.24) is 0 Å². The van der Waals surface area contributed by atoms with Gasteiger partial charge >= 0.3 is 6.61 Å². The van der Waals surface area contributed by atoms with Crippen LogP contribution in [0.4, 0.5) is 8.78 Å². The molecule has 0 spiro atoms. The maximum Gasteiger partial charge on any atom is 0.387 e. The molecule has 0 aliphatic heterocycles. The average molecular weight is 405 g/mol. The number of benzene rings is 1. The predicted molar refractivity (Wildman–Crippen MR) is 114 cm³/mol. The van der Waals surface area contributed by atoms with Gasteiger partial charge < -0.3 is 4.74 Å². The van der Waals surface area contributed by atoms with Gasteiger partial charge in [-0.1, -0.05) is 44.7 Å². The number of halogens is 2. The molecule has 3 fully saturated rings. The van der Waals surface area contributed by atoms with Crippen molar-refractivity contribution in [2.24, 2.45) is 35.5 Å². The smallest absolute Gasteiger partial charge is 0.387 e. The molecule has 6 unspecified atom stereocenters. The zero-order chi connectivity index (χ0) is 20.2. The molecule has 0 bridgehead atoms. The van der Waals surface area contributed by atoms with Gasteiger partial charge in [-0.2, -0.15) is 8.78 Å². The highest BCUT2D eigenvalue weighted by atomic mass is 19.3. The largest absolute Gasteiger partial charge is 0.435 e. The summed E-state index contributed by atoms with van der Waals surface area (Å²) in [7, 11) is 0. The molecule has 6 atom stereocenters. The second kappa shape index (κ2) is 9.79. The Labute approximate surface area is 175 Å². The first kappa shape index (κ1) is 21.1. The lowest BCUT2D eigenvalue weighted by Crippen LogP contribution is -2.41. The molecule has 3 aliphatic rings. The first-order valence-electron chi connectivity index (χ1n) is 12.2. The molecular weight excluding hydrogens is 366 g/mol. The Bertz CT molecular complexity index is 628. The van der Waals surface area contributed by atoms with Crippen LogP contribution in [0.15, 0.2) is 24.3 Å². The van der Waals surface area contributed by atoms with Crippen LogP contribution in [0.3, 0.4) is 0 Å². The summed E-state index contributed by atoms with van der Waals surface area (Å²) in [4.78, 5) is 0. The molecule has 1 aromatic rings. The van der Waals surface area contributed by atoms with E-state index in [1.165, 1.54) is 76.2 Å². The third-order valence-corrected chi connectivity index (χ3v) is 8.44. The fourth-order valence-corrected chi connectivity index (χ4v) is 7.13. The van der Waals surface area contributed by atoms with E-state index in [-0.39, 0.29) is 5.75 Å². The first-order chi connectivity index (χ1) is 14.1. The van der Waals surface area contributed by atoms with Crippen molar-refractivity contribution in [3.05, 3.63) is 29.8 Å². The van der Waals surface area contributed by atoms with E-state index in [1.807, 2.05) is 12.1 Å². The zero-order valence-electron chi connectivity index (χ0n) is 18.0. The molecule has 162 valence electrons. The summed E-state index contributed by atoms with van der Waals surface area (Å²) < 4.78 is 29.0. The molecule has 29 heavy (non-hydrogen) atoms. The first-order valence-corrected chi connectivity index (χ1v) is 12.2. The van der Waals surface area contributed by atoms with Crippen molar-refractivity contribution >= 4 is 0 Å². The van der Waals surface area contributed by atoms with E-state index >= 15 is 0 Å². The highest BCUT2D eigenvalue weighted by molar-refractivity contribution is 5.27. The minimum Gasteiger partial charge on any atom is -0.435 e. The van der Waals surface area contributed by atoms with Gasteiger partial charge in [0.15, 0.2) is 0 Å². The second-order valence-electron chi connectivity index (χ2n) is 10.1. The Morgan fingerprint density at radius 2 is 1.41 bits per heavy atom. The van der Waals surface area contributed by atoms with E-state index in [1.54, 1.807) is 12.1 Å². The molecule has 0 aromatic heterocycles. The Morgan fingerprint density at radius 1 is 0.828 bits per heavy atom. The summed E-state index contributed by atoms with van der Waals surface area (Å²) in [5.41, 5.74) is 1.24. The molecule has 4 rings (SSSR count). The summed E-state index contributed by atoms with van der Waals surface area (Å²) in [6, 6.07) is 7.25. The fraction of sp³-hybridized carbons (Fsp3) is 0.769. The number of fused-ring (bicyclic) bond motifs is 3. The lowest BCUT2D eigenvalue weighted by Gasteiger charge is -2.51. The summed E-state index contributed by atoms with van der Waals surface area (Å²) >= 11 is 0. The Hall–Kier alpha value is -1.12. The van der Waals surface area contributed by atoms with Crippen molar-refractivity contribution in [1.29, 1.82) is 0 Å². The van der Waals surface area contributed by atoms with Crippen LogP contribution in [-0.2, 0) is 6.42 Å². The van der Waals surface area contributed by atoms with Gasteiger partial charge in [0.2, 0.25) is 0 Å². The summed E-state index contributed by atoms with van der Waals surface area (Å²) in [5, 5.41) is 0. The van der Waals surface area contributed by atoms with Crippen molar-refractivity contribution in [2.75, 3.05) is 0 Å². The van der Waals surface area contributed by atoms with Gasteiger partial charge in [0.05, 0.1) is 0 Å². The lowest BCUT2D eigenvalue weighted by molar-refractivity contribution is -0.0498. The molecule has 0 heterocycles. The van der Waals surface area contributed by atoms with Crippen molar-refractivity contribution in [2.45, 2.75) is 90.6 Å². The maximum absolute atomic E-state index is 12.3. The molecule has 0 amide bonds. The van der Waals surface area contributed by atoms with E-state index in [2.05, 4.69) is 11.7 Å². The Morgan fingerprint density at radius 3 is 1.97 bits per heavy atom. The monoisotopic (exact) mass is 404 g/mol. The fourth-order valence-electron chi connectivity index (χ4n) is 7.13. The van der Waals surface area contributed by atoms with Crippen LogP contribution in [0, 0.1) is 35.5 Å². The van der Waals surface area contributed by atoms with Crippen molar-refractivity contribution < 1.29 is 13.5 Å². The normalized spacial score (nSPS) is 34.5. The van der Waals surface area contributed by atoms with E-state index in [0.717, 1.165) is 41.9 Å². The molecule has 0 radical (unpaired) electrons. The predicted octanol–water partition coefficient (Wildman–Crippen LogP) is 7.88. The third kappa shape index (κ3) is 5.33. The third-order valence-electron chi connectivity index (χ3n) is 8.44. The molecular formula is C26H38F2O. The summed E-state index contributed by atoms with van der Waals surface area (Å²) in [6.45, 7) is -0.400. The average Bonchev–Trinajstić information content (AvgIpc) is 2.72. The summed E-state index contributed by atoms with van der Waals surface area (Å²) in [5.74, 6) is 6.18. The summed E-state index contributed by atoms with van der Waals surface area (Å²) in [6.07, 6.45) is 16.9. The Balaban J connectivity index is 1.25. The van der Waals surface area contributed by atoms with Crippen LogP contribution >= 0.6 is 0 Å². The highest BCUT2D eigenvalue weighted by Gasteiger charge is 2.44. The van der Waals surface area contributed by atoms with E-state index in [0.29, 0.717) is 0 Å². The molecule has 1 aromatic carbocycles. The number of ether oxygens (including phenoxy) is 1. The maximum atomic E-state index is 12.3. The van der Waals surface area contributed by atoms with Crippen LogP contribution in [-0.4, -0.2) is 6.61 Å². The van der Waals surface area contributed by atoms with E-state index in [9.17, 15) is 8.78 Å². The topological polar surface area (TPSA) is 9.23 Å². The number of hydrogen-bond donors (Lipinski definition) is 0. The Kier molecular flexibility index (Phi) is 7.13. The standard InChI is InChI=1S/C26H38F2O/c1-2-3-19-8-14-24-21(16-19)10-11-22-17-20(9-15-25(22)24)5-4-18-6-12-23(13-7-18)29-26(27)28/h6-7,12-13,19-22,24-26H,2-5,8-11,14-17H2,1H3. The van der Waals surface area contributed by atoms with E-state index < -0.39 is 6.61 Å². The van der Waals surface area contributed by atoms with Crippen LogP contribution in [0.25, 0.3) is 0 Å². The molecule has 0 N–H and O–H groups in total. The second-order valence-corrected chi connectivity index (χ2v) is 10.1. The molecule has 1 nitrogen and oxygen atoms in total. The highest BCUT2D eigenvalue weighted by Crippen LogP contribution is 2.54. The number of rotatable bonds is 7. The zero-order valence-corrected chi connectivity index (χ0v) is 18.0. The van der Waals surface area contributed by atoms with Gasteiger partial charge in [0, 0.05) is 0 Å². The quantitative estimate of drug-likeness (QED) is 0.449. The number of aryl methyl sites for hydroxylation is 1. The lowest BCUT2D eigenvalue weighted by atomic mass is 9.55. The van der Waals surface area contributed by atoms with Gasteiger partial charge in [0.25, 0.3) is 0 Å². The molecule has 0 saturated heterocycles. The van der Waals surface area contributed by atoms with Crippen LogP contribution in [0.2, 0.25) is 0 Å². The number of hydrogen-bond acceptors (Lipinski definition) is 1. The molecule has 3 saturated carbocycles. The van der Waals surface area contributed by atoms with Crippen molar-refractivity contribution in [3.8, 4) is 5.75 Å². The van der Waals surface area contributed by atoms with E-state index in [4.69, 9.17) is 0 Å². The number of alkyl halides is 2. The van der Waals surface area contributed by atoms with Crippen LogP contribution in [0.1, 0.15) is 83.1 Å². The molecule has 3 aliphatic carbocycles. The van der Waals surface area contributed by atoms with Gasteiger partial charge in [-0.05, 0) is 105 Å². The van der Waals surface area contributed by atoms with Crippen molar-refractivity contribution in [3.63, 3.8) is 0 Å². The van der Waals surface area contributed by atoms with Gasteiger partial charge in [-0.3, -0.25) is 0 Å².